The summed E-state index contributed by atoms with van der Waals surface area (Å²) in [7, 11) is 0. The lowest BCUT2D eigenvalue weighted by molar-refractivity contribution is 0.0627. The van der Waals surface area contributed by atoms with Crippen LogP contribution in [0.4, 0.5) is 0 Å². The van der Waals surface area contributed by atoms with Crippen LogP contribution >= 0.6 is 0 Å². The number of amides is 1. The standard InChI is InChI=1S/C19H24N4O3/c1-2-3-16-15(11-20-21-16)19(24)23-8-6-22(7-9-23)12-14-4-5-17-18(10-14)26-13-25-17/h4-5,10-11H,2-3,6-9,12-13H2,1H3,(H,20,21). The number of piperazine rings is 1. The molecule has 26 heavy (non-hydrogen) atoms. The van der Waals surface area contributed by atoms with E-state index in [2.05, 4.69) is 28.1 Å². The second-order valence-electron chi connectivity index (χ2n) is 6.77. The molecule has 2 aliphatic heterocycles. The predicted molar refractivity (Wildman–Crippen MR) is 96.3 cm³/mol. The average molecular weight is 356 g/mol. The molecule has 0 aliphatic carbocycles. The first-order chi connectivity index (χ1) is 12.7. The number of benzene rings is 1. The van der Waals surface area contributed by atoms with Crippen LogP contribution in [0.5, 0.6) is 11.5 Å². The molecule has 1 aromatic heterocycles. The number of H-pyrrole nitrogens is 1. The minimum atomic E-state index is 0.0879. The molecule has 0 bridgehead atoms. The molecule has 1 N–H and O–H groups in total. The zero-order chi connectivity index (χ0) is 17.9. The Morgan fingerprint density at radius 2 is 2.00 bits per heavy atom. The van der Waals surface area contributed by atoms with Crippen molar-refractivity contribution in [3.63, 3.8) is 0 Å². The molecule has 1 amide bonds. The van der Waals surface area contributed by atoms with Gasteiger partial charge in [0.25, 0.3) is 5.91 Å². The number of nitrogens with one attached hydrogen (secondary N) is 1. The highest BCUT2D eigenvalue weighted by atomic mass is 16.7. The second kappa shape index (κ2) is 7.37. The van der Waals surface area contributed by atoms with Crippen LogP contribution in [0.15, 0.2) is 24.4 Å². The van der Waals surface area contributed by atoms with E-state index in [4.69, 9.17) is 9.47 Å². The molecule has 0 saturated carbocycles. The number of aromatic amines is 1. The van der Waals surface area contributed by atoms with Gasteiger partial charge in [-0.2, -0.15) is 5.10 Å². The Kier molecular flexibility index (Phi) is 4.79. The molecule has 0 radical (unpaired) electrons. The fourth-order valence-corrected chi connectivity index (χ4v) is 3.51. The first kappa shape index (κ1) is 16.9. The highest BCUT2D eigenvalue weighted by Crippen LogP contribution is 2.32. The smallest absolute Gasteiger partial charge is 0.257 e. The van der Waals surface area contributed by atoms with Gasteiger partial charge in [0.05, 0.1) is 11.8 Å². The van der Waals surface area contributed by atoms with Crippen molar-refractivity contribution in [2.24, 2.45) is 0 Å². The van der Waals surface area contributed by atoms with Crippen LogP contribution < -0.4 is 9.47 Å². The lowest BCUT2D eigenvalue weighted by atomic mass is 10.1. The maximum atomic E-state index is 12.8. The van der Waals surface area contributed by atoms with Crippen molar-refractivity contribution in [1.82, 2.24) is 20.0 Å². The van der Waals surface area contributed by atoms with Crippen LogP contribution in [0.3, 0.4) is 0 Å². The molecule has 4 rings (SSSR count). The van der Waals surface area contributed by atoms with Gasteiger partial charge in [0, 0.05) is 38.4 Å². The lowest BCUT2D eigenvalue weighted by Gasteiger charge is -2.34. The van der Waals surface area contributed by atoms with E-state index in [1.165, 1.54) is 5.56 Å². The maximum absolute atomic E-state index is 12.8. The van der Waals surface area contributed by atoms with Crippen LogP contribution in [-0.2, 0) is 13.0 Å². The molecule has 7 heteroatoms. The van der Waals surface area contributed by atoms with Crippen molar-refractivity contribution in [1.29, 1.82) is 0 Å². The monoisotopic (exact) mass is 356 g/mol. The van der Waals surface area contributed by atoms with Gasteiger partial charge in [0.1, 0.15) is 0 Å². The summed E-state index contributed by atoms with van der Waals surface area (Å²) in [6.45, 7) is 6.45. The highest BCUT2D eigenvalue weighted by molar-refractivity contribution is 5.95. The molecular weight excluding hydrogens is 332 g/mol. The Hall–Kier alpha value is -2.54. The minimum absolute atomic E-state index is 0.0879. The SMILES string of the molecule is CCCc1[nH]ncc1C(=O)N1CCN(Cc2ccc3c(c2)OCO3)CC1. The summed E-state index contributed by atoms with van der Waals surface area (Å²) < 4.78 is 10.8. The molecular formula is C19H24N4O3. The number of fused-ring (bicyclic) bond motifs is 1. The summed E-state index contributed by atoms with van der Waals surface area (Å²) >= 11 is 0. The van der Waals surface area contributed by atoms with Gasteiger partial charge in [0.15, 0.2) is 11.5 Å². The second-order valence-corrected chi connectivity index (χ2v) is 6.77. The van der Waals surface area contributed by atoms with Gasteiger partial charge in [0.2, 0.25) is 6.79 Å². The number of carbonyl (C=O) groups excluding carboxylic acids is 1. The fourth-order valence-electron chi connectivity index (χ4n) is 3.51. The van der Waals surface area contributed by atoms with Gasteiger partial charge in [-0.3, -0.25) is 14.8 Å². The van der Waals surface area contributed by atoms with E-state index in [1.807, 2.05) is 17.0 Å². The summed E-state index contributed by atoms with van der Waals surface area (Å²) in [4.78, 5) is 17.1. The van der Waals surface area contributed by atoms with Crippen molar-refractivity contribution in [3.05, 3.63) is 41.2 Å². The van der Waals surface area contributed by atoms with E-state index in [1.54, 1.807) is 6.20 Å². The molecule has 0 unspecified atom stereocenters. The summed E-state index contributed by atoms with van der Waals surface area (Å²) in [5, 5.41) is 7.01. The van der Waals surface area contributed by atoms with E-state index in [0.29, 0.717) is 6.79 Å². The fraction of sp³-hybridized carbons (Fsp3) is 0.474. The number of hydrogen-bond donors (Lipinski definition) is 1. The largest absolute Gasteiger partial charge is 0.454 e. The normalized spacial score (nSPS) is 16.9. The van der Waals surface area contributed by atoms with Crippen molar-refractivity contribution in [2.75, 3.05) is 33.0 Å². The summed E-state index contributed by atoms with van der Waals surface area (Å²) in [6.07, 6.45) is 3.50. The third-order valence-corrected chi connectivity index (χ3v) is 4.95. The van der Waals surface area contributed by atoms with Crippen LogP contribution in [0, 0.1) is 0 Å². The maximum Gasteiger partial charge on any atom is 0.257 e. The van der Waals surface area contributed by atoms with Gasteiger partial charge in [-0.1, -0.05) is 19.4 Å². The topological polar surface area (TPSA) is 70.7 Å². The van der Waals surface area contributed by atoms with Gasteiger partial charge in [-0.05, 0) is 24.1 Å². The van der Waals surface area contributed by atoms with Crippen LogP contribution in [-0.4, -0.2) is 58.9 Å². The molecule has 1 fully saturated rings. The quantitative estimate of drug-likeness (QED) is 0.888. The number of hydrogen-bond acceptors (Lipinski definition) is 5. The molecule has 0 spiro atoms. The number of aryl methyl sites for hydroxylation is 1. The van der Waals surface area contributed by atoms with E-state index < -0.39 is 0 Å². The Morgan fingerprint density at radius 3 is 2.81 bits per heavy atom. The van der Waals surface area contributed by atoms with Crippen molar-refractivity contribution >= 4 is 5.91 Å². The Balaban J connectivity index is 1.34. The van der Waals surface area contributed by atoms with Gasteiger partial charge >= 0.3 is 0 Å². The first-order valence-electron chi connectivity index (χ1n) is 9.17. The summed E-state index contributed by atoms with van der Waals surface area (Å²) in [5.74, 6) is 1.72. The lowest BCUT2D eigenvalue weighted by Crippen LogP contribution is -2.48. The van der Waals surface area contributed by atoms with Gasteiger partial charge in [-0.25, -0.2) is 0 Å². The van der Waals surface area contributed by atoms with Gasteiger partial charge in [-0.15, -0.1) is 0 Å². The molecule has 2 aromatic rings. The zero-order valence-electron chi connectivity index (χ0n) is 15.0. The number of aromatic nitrogens is 2. The predicted octanol–water partition coefficient (Wildman–Crippen LogP) is 2.05. The van der Waals surface area contributed by atoms with Crippen molar-refractivity contribution < 1.29 is 14.3 Å². The molecule has 3 heterocycles. The van der Waals surface area contributed by atoms with E-state index in [0.717, 1.165) is 68.3 Å². The van der Waals surface area contributed by atoms with Crippen LogP contribution in [0.25, 0.3) is 0 Å². The van der Waals surface area contributed by atoms with Crippen LogP contribution in [0.1, 0.15) is 35.0 Å². The van der Waals surface area contributed by atoms with E-state index in [9.17, 15) is 4.79 Å². The summed E-state index contributed by atoms with van der Waals surface area (Å²) in [6, 6.07) is 6.08. The Labute approximate surface area is 152 Å². The third-order valence-electron chi connectivity index (χ3n) is 4.95. The molecule has 1 aromatic carbocycles. The third kappa shape index (κ3) is 3.39. The molecule has 138 valence electrons. The van der Waals surface area contributed by atoms with Crippen LogP contribution in [0.2, 0.25) is 0 Å². The van der Waals surface area contributed by atoms with Crippen molar-refractivity contribution in [3.8, 4) is 11.5 Å². The van der Waals surface area contributed by atoms with E-state index >= 15 is 0 Å². The number of carbonyl (C=O) groups is 1. The zero-order valence-corrected chi connectivity index (χ0v) is 15.0. The van der Waals surface area contributed by atoms with Gasteiger partial charge < -0.3 is 14.4 Å². The first-order valence-corrected chi connectivity index (χ1v) is 9.17. The molecule has 2 aliphatic rings. The molecule has 1 saturated heterocycles. The Morgan fingerprint density at radius 1 is 1.19 bits per heavy atom. The minimum Gasteiger partial charge on any atom is -0.454 e. The van der Waals surface area contributed by atoms with E-state index in [-0.39, 0.29) is 5.91 Å². The van der Waals surface area contributed by atoms with Crippen molar-refractivity contribution in [2.45, 2.75) is 26.3 Å². The molecule has 0 atom stereocenters. The summed E-state index contributed by atoms with van der Waals surface area (Å²) in [5.41, 5.74) is 2.87. The molecule has 7 nitrogen and oxygen atoms in total. The Bertz CT molecular complexity index is 781. The number of nitrogens with zero attached hydrogens (tertiary/aromatic N) is 3. The number of ether oxygens (including phenoxy) is 2. The number of rotatable bonds is 5. The highest BCUT2D eigenvalue weighted by Gasteiger charge is 2.25. The average Bonchev–Trinajstić information content (AvgIpc) is 3.31.